The van der Waals surface area contributed by atoms with Crippen LogP contribution in [0.2, 0.25) is 0 Å². The highest BCUT2D eigenvalue weighted by molar-refractivity contribution is 9.10. The molecule has 0 aliphatic carbocycles. The predicted molar refractivity (Wildman–Crippen MR) is 53.6 cm³/mol. The van der Waals surface area contributed by atoms with E-state index >= 15 is 0 Å². The lowest BCUT2D eigenvalue weighted by Gasteiger charge is -1.99. The van der Waals surface area contributed by atoms with Gasteiger partial charge in [-0.2, -0.15) is 0 Å². The molecule has 0 unspecified atom stereocenters. The number of hydrogen-bond acceptors (Lipinski definition) is 3. The molecule has 1 aromatic rings. The van der Waals surface area contributed by atoms with Crippen molar-refractivity contribution in [3.8, 4) is 0 Å². The number of hydrogen-bond donors (Lipinski definition) is 0. The molecule has 12 heavy (non-hydrogen) atoms. The van der Waals surface area contributed by atoms with Gasteiger partial charge in [-0.05, 0) is 22.0 Å². The van der Waals surface area contributed by atoms with Gasteiger partial charge in [-0.15, -0.1) is 11.3 Å². The van der Waals surface area contributed by atoms with E-state index in [1.807, 2.05) is 0 Å². The molecular weight excluding hydrogens is 240 g/mol. The van der Waals surface area contributed by atoms with Gasteiger partial charge in [0.1, 0.15) is 0 Å². The minimum atomic E-state index is 0.659. The van der Waals surface area contributed by atoms with Gasteiger partial charge in [-0.3, -0.25) is 0 Å². The Labute approximate surface area is 84.6 Å². The molecule has 4 heteroatoms. The molecule has 1 aromatic heterocycles. The average Bonchev–Trinajstić information content (AvgIpc) is 2.45. The zero-order valence-corrected chi connectivity index (χ0v) is 9.28. The van der Waals surface area contributed by atoms with Crippen molar-refractivity contribution < 1.29 is 9.47 Å². The van der Waals surface area contributed by atoms with Crippen LogP contribution < -0.4 is 0 Å². The molecule has 0 aromatic carbocycles. The van der Waals surface area contributed by atoms with E-state index in [-0.39, 0.29) is 0 Å². The minimum absolute atomic E-state index is 0.659. The van der Waals surface area contributed by atoms with Crippen LogP contribution in [0.5, 0.6) is 0 Å². The SMILES string of the molecule is COCCOCc1cc(Br)cs1. The van der Waals surface area contributed by atoms with Crippen molar-refractivity contribution in [1.29, 1.82) is 0 Å². The molecule has 0 amide bonds. The number of methoxy groups -OCH3 is 1. The van der Waals surface area contributed by atoms with E-state index in [0.717, 1.165) is 4.47 Å². The summed E-state index contributed by atoms with van der Waals surface area (Å²) in [5, 5.41) is 2.05. The van der Waals surface area contributed by atoms with Crippen LogP contribution in [-0.4, -0.2) is 20.3 Å². The Balaban J connectivity index is 2.15. The first-order valence-electron chi connectivity index (χ1n) is 3.62. The van der Waals surface area contributed by atoms with Gasteiger partial charge in [0.15, 0.2) is 0 Å². The third kappa shape index (κ3) is 3.67. The van der Waals surface area contributed by atoms with Crippen LogP contribution in [-0.2, 0) is 16.1 Å². The Morgan fingerprint density at radius 1 is 1.50 bits per heavy atom. The lowest BCUT2D eigenvalue weighted by molar-refractivity contribution is 0.0628. The first-order chi connectivity index (χ1) is 5.83. The molecule has 0 fully saturated rings. The van der Waals surface area contributed by atoms with Gasteiger partial charge in [0, 0.05) is 21.8 Å². The van der Waals surface area contributed by atoms with Crippen LogP contribution in [0.25, 0.3) is 0 Å². The van der Waals surface area contributed by atoms with Gasteiger partial charge in [0.2, 0.25) is 0 Å². The highest BCUT2D eigenvalue weighted by Gasteiger charge is 1.96. The molecule has 1 heterocycles. The summed E-state index contributed by atoms with van der Waals surface area (Å²) in [7, 11) is 1.67. The Kier molecular flexibility index (Phi) is 4.83. The van der Waals surface area contributed by atoms with Gasteiger partial charge < -0.3 is 9.47 Å². The van der Waals surface area contributed by atoms with Crippen molar-refractivity contribution in [3.05, 3.63) is 20.8 Å². The van der Waals surface area contributed by atoms with E-state index in [1.54, 1.807) is 18.4 Å². The molecular formula is C8H11BrO2S. The lowest BCUT2D eigenvalue weighted by atomic mass is 10.5. The Bertz CT molecular complexity index is 225. The fraction of sp³-hybridized carbons (Fsp3) is 0.500. The summed E-state index contributed by atoms with van der Waals surface area (Å²) in [6.45, 7) is 2.00. The highest BCUT2D eigenvalue weighted by atomic mass is 79.9. The monoisotopic (exact) mass is 250 g/mol. The Morgan fingerprint density at radius 2 is 2.33 bits per heavy atom. The molecule has 0 saturated heterocycles. The fourth-order valence-electron chi connectivity index (χ4n) is 0.745. The molecule has 0 radical (unpaired) electrons. The summed E-state index contributed by atoms with van der Waals surface area (Å²) in [6, 6.07) is 2.07. The highest BCUT2D eigenvalue weighted by Crippen LogP contribution is 2.20. The van der Waals surface area contributed by atoms with Crippen molar-refractivity contribution >= 4 is 27.3 Å². The molecule has 1 rings (SSSR count). The van der Waals surface area contributed by atoms with E-state index < -0.39 is 0 Å². The van der Waals surface area contributed by atoms with Gasteiger partial charge in [0.05, 0.1) is 19.8 Å². The van der Waals surface area contributed by atoms with Gasteiger partial charge in [-0.25, -0.2) is 0 Å². The summed E-state index contributed by atoms with van der Waals surface area (Å²) >= 11 is 5.08. The zero-order valence-electron chi connectivity index (χ0n) is 6.88. The van der Waals surface area contributed by atoms with E-state index in [9.17, 15) is 0 Å². The third-order valence-electron chi connectivity index (χ3n) is 1.30. The molecule has 0 aliphatic heterocycles. The summed E-state index contributed by atoms with van der Waals surface area (Å²) in [4.78, 5) is 1.23. The van der Waals surface area contributed by atoms with E-state index in [2.05, 4.69) is 27.4 Å². The normalized spacial score (nSPS) is 10.5. The number of halogens is 1. The van der Waals surface area contributed by atoms with Crippen LogP contribution in [0.4, 0.5) is 0 Å². The second-order valence-corrected chi connectivity index (χ2v) is 4.19. The van der Waals surface area contributed by atoms with Crippen LogP contribution >= 0.6 is 27.3 Å². The Hall–Kier alpha value is 0.1000. The summed E-state index contributed by atoms with van der Waals surface area (Å²) < 4.78 is 11.3. The van der Waals surface area contributed by atoms with E-state index in [0.29, 0.717) is 19.8 Å². The molecule has 0 N–H and O–H groups in total. The lowest BCUT2D eigenvalue weighted by Crippen LogP contribution is -2.00. The van der Waals surface area contributed by atoms with Crippen LogP contribution in [0.3, 0.4) is 0 Å². The van der Waals surface area contributed by atoms with Crippen molar-refractivity contribution in [3.63, 3.8) is 0 Å². The molecule has 2 nitrogen and oxygen atoms in total. The van der Waals surface area contributed by atoms with E-state index in [4.69, 9.17) is 9.47 Å². The topological polar surface area (TPSA) is 18.5 Å². The molecule has 0 aliphatic rings. The van der Waals surface area contributed by atoms with Gasteiger partial charge in [-0.1, -0.05) is 0 Å². The number of ether oxygens (including phenoxy) is 2. The maximum atomic E-state index is 5.34. The van der Waals surface area contributed by atoms with Crippen molar-refractivity contribution in [1.82, 2.24) is 0 Å². The largest absolute Gasteiger partial charge is 0.382 e. The van der Waals surface area contributed by atoms with Gasteiger partial charge >= 0.3 is 0 Å². The van der Waals surface area contributed by atoms with E-state index in [1.165, 1.54) is 4.88 Å². The second-order valence-electron chi connectivity index (χ2n) is 2.28. The molecule has 68 valence electrons. The smallest absolute Gasteiger partial charge is 0.0810 e. The van der Waals surface area contributed by atoms with Crippen molar-refractivity contribution in [2.24, 2.45) is 0 Å². The van der Waals surface area contributed by atoms with Crippen LogP contribution in [0.1, 0.15) is 4.88 Å². The maximum Gasteiger partial charge on any atom is 0.0810 e. The molecule has 0 saturated carbocycles. The second kappa shape index (κ2) is 5.70. The summed E-state index contributed by atoms with van der Waals surface area (Å²) in [5.74, 6) is 0. The predicted octanol–water partition coefficient (Wildman–Crippen LogP) is 2.67. The average molecular weight is 251 g/mol. The third-order valence-corrected chi connectivity index (χ3v) is 2.97. The summed E-state index contributed by atoms with van der Waals surface area (Å²) in [5.41, 5.74) is 0. The van der Waals surface area contributed by atoms with Crippen molar-refractivity contribution in [2.75, 3.05) is 20.3 Å². The standard InChI is InChI=1S/C8H11BrO2S/c1-10-2-3-11-5-8-4-7(9)6-12-8/h4,6H,2-3,5H2,1H3. The first kappa shape index (κ1) is 10.2. The van der Waals surface area contributed by atoms with Crippen molar-refractivity contribution in [2.45, 2.75) is 6.61 Å². The number of rotatable bonds is 5. The maximum absolute atomic E-state index is 5.34. The minimum Gasteiger partial charge on any atom is -0.382 e. The van der Waals surface area contributed by atoms with Crippen LogP contribution in [0, 0.1) is 0 Å². The molecule has 0 atom stereocenters. The number of thiophene rings is 1. The quantitative estimate of drug-likeness (QED) is 0.749. The Morgan fingerprint density at radius 3 is 2.92 bits per heavy atom. The molecule has 0 bridgehead atoms. The first-order valence-corrected chi connectivity index (χ1v) is 5.30. The zero-order chi connectivity index (χ0) is 8.81. The van der Waals surface area contributed by atoms with Crippen LogP contribution in [0.15, 0.2) is 15.9 Å². The fourth-order valence-corrected chi connectivity index (χ4v) is 2.13. The summed E-state index contributed by atoms with van der Waals surface area (Å²) in [6.07, 6.45) is 0. The molecule has 0 spiro atoms. The van der Waals surface area contributed by atoms with Gasteiger partial charge in [0.25, 0.3) is 0 Å².